The van der Waals surface area contributed by atoms with E-state index in [2.05, 4.69) is 19.1 Å². The molecule has 1 aromatic carbocycles. The van der Waals surface area contributed by atoms with Crippen LogP contribution in [0.4, 0.5) is 5.69 Å². The minimum Gasteiger partial charge on any atom is -0.477 e. The molecular weight excluding hydrogens is 246 g/mol. The number of aromatic carboxylic acids is 1. The molecule has 0 saturated carbocycles. The Balaban J connectivity index is 2.50. The largest absolute Gasteiger partial charge is 0.477 e. The lowest BCUT2D eigenvalue weighted by molar-refractivity contribution is 0.0703. The number of benzene rings is 1. The van der Waals surface area contributed by atoms with E-state index in [0.717, 1.165) is 22.4 Å². The SMILES string of the molecule is CCc1ccc(-c2sc(C(=O)O)c(N)c2C)cc1. The molecule has 1 heterocycles. The van der Waals surface area contributed by atoms with Gasteiger partial charge in [0.1, 0.15) is 4.88 Å². The number of carbonyl (C=O) groups is 1. The molecule has 18 heavy (non-hydrogen) atoms. The first-order valence-electron chi connectivity index (χ1n) is 5.76. The van der Waals surface area contributed by atoms with Crippen LogP contribution in [0.2, 0.25) is 0 Å². The maximum atomic E-state index is 11.0. The number of nitrogen functional groups attached to an aromatic ring is 1. The van der Waals surface area contributed by atoms with Crippen LogP contribution in [0, 0.1) is 6.92 Å². The number of rotatable bonds is 3. The van der Waals surface area contributed by atoms with Crippen molar-refractivity contribution in [3.8, 4) is 10.4 Å². The van der Waals surface area contributed by atoms with Crippen LogP contribution in [0.3, 0.4) is 0 Å². The summed E-state index contributed by atoms with van der Waals surface area (Å²) < 4.78 is 0. The van der Waals surface area contributed by atoms with Crippen molar-refractivity contribution in [3.05, 3.63) is 40.3 Å². The van der Waals surface area contributed by atoms with Gasteiger partial charge in [0.15, 0.2) is 0 Å². The summed E-state index contributed by atoms with van der Waals surface area (Å²) in [5.74, 6) is -0.961. The normalized spacial score (nSPS) is 10.6. The van der Waals surface area contributed by atoms with Gasteiger partial charge in [-0.3, -0.25) is 0 Å². The van der Waals surface area contributed by atoms with E-state index in [1.54, 1.807) is 0 Å². The third-order valence-corrected chi connectivity index (χ3v) is 4.36. The van der Waals surface area contributed by atoms with Crippen LogP contribution in [-0.2, 0) is 6.42 Å². The van der Waals surface area contributed by atoms with E-state index < -0.39 is 5.97 Å². The monoisotopic (exact) mass is 261 g/mol. The van der Waals surface area contributed by atoms with Crippen LogP contribution in [0.15, 0.2) is 24.3 Å². The average molecular weight is 261 g/mol. The summed E-state index contributed by atoms with van der Waals surface area (Å²) in [5, 5.41) is 9.06. The Morgan fingerprint density at radius 1 is 1.33 bits per heavy atom. The lowest BCUT2D eigenvalue weighted by atomic mass is 10.1. The van der Waals surface area contributed by atoms with Gasteiger partial charge in [-0.1, -0.05) is 31.2 Å². The predicted octanol–water partition coefficient (Wildman–Crippen LogP) is 3.57. The molecule has 0 fully saturated rings. The fraction of sp³-hybridized carbons (Fsp3) is 0.214. The van der Waals surface area contributed by atoms with E-state index in [-0.39, 0.29) is 4.88 Å². The minimum absolute atomic E-state index is 0.224. The van der Waals surface area contributed by atoms with E-state index in [0.29, 0.717) is 5.69 Å². The number of aryl methyl sites for hydroxylation is 1. The molecule has 94 valence electrons. The van der Waals surface area contributed by atoms with Crippen molar-refractivity contribution in [2.45, 2.75) is 20.3 Å². The number of carboxylic acids is 1. The summed E-state index contributed by atoms with van der Waals surface area (Å²) in [4.78, 5) is 12.2. The maximum Gasteiger partial charge on any atom is 0.348 e. The Labute approximate surface area is 110 Å². The highest BCUT2D eigenvalue weighted by atomic mass is 32.1. The number of hydrogen-bond donors (Lipinski definition) is 2. The third kappa shape index (κ3) is 2.11. The summed E-state index contributed by atoms with van der Waals surface area (Å²) >= 11 is 1.24. The van der Waals surface area contributed by atoms with E-state index >= 15 is 0 Å². The second-order valence-electron chi connectivity index (χ2n) is 4.15. The molecule has 0 aliphatic rings. The molecule has 2 aromatic rings. The van der Waals surface area contributed by atoms with Gasteiger partial charge in [-0.05, 0) is 30.0 Å². The second-order valence-corrected chi connectivity index (χ2v) is 5.18. The summed E-state index contributed by atoms with van der Waals surface area (Å²) in [5.41, 5.74) is 9.34. The number of hydrogen-bond acceptors (Lipinski definition) is 3. The Morgan fingerprint density at radius 2 is 1.94 bits per heavy atom. The highest BCUT2D eigenvalue weighted by molar-refractivity contribution is 7.18. The minimum atomic E-state index is -0.961. The molecule has 1 aromatic heterocycles. The second kappa shape index (κ2) is 4.82. The van der Waals surface area contributed by atoms with Crippen LogP contribution < -0.4 is 5.73 Å². The molecule has 0 spiro atoms. The Morgan fingerprint density at radius 3 is 2.39 bits per heavy atom. The number of carboxylic acid groups (broad SMARTS) is 1. The first-order valence-corrected chi connectivity index (χ1v) is 6.57. The zero-order valence-corrected chi connectivity index (χ0v) is 11.2. The Hall–Kier alpha value is -1.81. The van der Waals surface area contributed by atoms with Crippen molar-refractivity contribution in [3.63, 3.8) is 0 Å². The summed E-state index contributed by atoms with van der Waals surface area (Å²) in [6.07, 6.45) is 0.992. The van der Waals surface area contributed by atoms with Crippen molar-refractivity contribution in [1.29, 1.82) is 0 Å². The summed E-state index contributed by atoms with van der Waals surface area (Å²) in [7, 11) is 0. The van der Waals surface area contributed by atoms with Crippen molar-refractivity contribution >= 4 is 23.0 Å². The molecule has 0 aliphatic heterocycles. The number of thiophene rings is 1. The van der Waals surface area contributed by atoms with Crippen molar-refractivity contribution in [2.75, 3.05) is 5.73 Å². The molecule has 3 nitrogen and oxygen atoms in total. The average Bonchev–Trinajstić information content (AvgIpc) is 2.67. The van der Waals surface area contributed by atoms with Crippen molar-refractivity contribution < 1.29 is 9.90 Å². The lowest BCUT2D eigenvalue weighted by Crippen LogP contribution is -1.97. The van der Waals surface area contributed by atoms with Crippen LogP contribution >= 0.6 is 11.3 Å². The molecule has 0 saturated heterocycles. The quantitative estimate of drug-likeness (QED) is 0.887. The van der Waals surface area contributed by atoms with Crippen LogP contribution in [-0.4, -0.2) is 11.1 Å². The van der Waals surface area contributed by atoms with Crippen LogP contribution in [0.25, 0.3) is 10.4 Å². The van der Waals surface area contributed by atoms with E-state index in [1.165, 1.54) is 16.9 Å². The van der Waals surface area contributed by atoms with Crippen LogP contribution in [0.1, 0.15) is 27.7 Å². The van der Waals surface area contributed by atoms with Gasteiger partial charge >= 0.3 is 5.97 Å². The van der Waals surface area contributed by atoms with Gasteiger partial charge in [-0.25, -0.2) is 4.79 Å². The van der Waals surface area contributed by atoms with Crippen LogP contribution in [0.5, 0.6) is 0 Å². The Bertz CT molecular complexity index is 585. The zero-order valence-electron chi connectivity index (χ0n) is 10.4. The van der Waals surface area contributed by atoms with E-state index in [4.69, 9.17) is 10.8 Å². The van der Waals surface area contributed by atoms with Crippen molar-refractivity contribution in [1.82, 2.24) is 0 Å². The molecule has 0 aliphatic carbocycles. The van der Waals surface area contributed by atoms with E-state index in [1.807, 2.05) is 19.1 Å². The Kier molecular flexibility index (Phi) is 3.39. The van der Waals surface area contributed by atoms with Gasteiger partial charge in [-0.2, -0.15) is 0 Å². The maximum absolute atomic E-state index is 11.0. The van der Waals surface area contributed by atoms with Gasteiger partial charge in [0.05, 0.1) is 5.69 Å². The molecular formula is C14H15NO2S. The molecule has 4 heteroatoms. The van der Waals surface area contributed by atoms with Gasteiger partial charge in [0, 0.05) is 4.88 Å². The summed E-state index contributed by atoms with van der Waals surface area (Å²) in [6.45, 7) is 3.97. The molecule has 0 radical (unpaired) electrons. The smallest absolute Gasteiger partial charge is 0.348 e. The fourth-order valence-electron chi connectivity index (χ4n) is 1.85. The third-order valence-electron chi connectivity index (χ3n) is 3.01. The zero-order chi connectivity index (χ0) is 13.3. The number of nitrogens with two attached hydrogens (primary N) is 1. The molecule has 0 amide bonds. The highest BCUT2D eigenvalue weighted by Crippen LogP contribution is 2.38. The van der Waals surface area contributed by atoms with Gasteiger partial charge in [0.25, 0.3) is 0 Å². The first-order chi connectivity index (χ1) is 8.54. The lowest BCUT2D eigenvalue weighted by Gasteiger charge is -2.02. The topological polar surface area (TPSA) is 63.3 Å². The molecule has 0 atom stereocenters. The highest BCUT2D eigenvalue weighted by Gasteiger charge is 2.18. The fourth-order valence-corrected chi connectivity index (χ4v) is 2.92. The van der Waals surface area contributed by atoms with Gasteiger partial charge < -0.3 is 10.8 Å². The van der Waals surface area contributed by atoms with E-state index in [9.17, 15) is 4.79 Å². The first kappa shape index (κ1) is 12.6. The predicted molar refractivity (Wildman–Crippen MR) is 75.2 cm³/mol. The number of anilines is 1. The van der Waals surface area contributed by atoms with Gasteiger partial charge in [0.2, 0.25) is 0 Å². The standard InChI is InChI=1S/C14H15NO2S/c1-3-9-4-6-10(7-5-9)12-8(2)11(15)13(18-12)14(16)17/h4-7H,3,15H2,1-2H3,(H,16,17). The molecule has 0 unspecified atom stereocenters. The van der Waals surface area contributed by atoms with Gasteiger partial charge in [-0.15, -0.1) is 11.3 Å². The molecule has 2 rings (SSSR count). The molecule has 0 bridgehead atoms. The van der Waals surface area contributed by atoms with Crippen molar-refractivity contribution in [2.24, 2.45) is 0 Å². The molecule has 3 N–H and O–H groups in total. The summed E-state index contributed by atoms with van der Waals surface area (Å²) in [6, 6.07) is 8.15.